The van der Waals surface area contributed by atoms with Crippen LogP contribution in [0.5, 0.6) is 0 Å². The van der Waals surface area contributed by atoms with Crippen LogP contribution in [0.1, 0.15) is 18.1 Å². The number of urea groups is 1. The number of carbonyl (C=O) groups excluding carboxylic acids is 2. The fraction of sp³-hybridized carbons (Fsp3) is 0.375. The number of fused-ring (bicyclic) bond motifs is 1. The molecule has 2 amide bonds. The second-order valence-corrected chi connectivity index (χ2v) is 5.25. The van der Waals surface area contributed by atoms with Gasteiger partial charge in [-0.05, 0) is 30.5 Å². The number of rotatable bonds is 2. The van der Waals surface area contributed by atoms with Crippen molar-refractivity contribution in [1.82, 2.24) is 4.90 Å². The molecule has 0 fully saturated rings. The highest BCUT2D eigenvalue weighted by Gasteiger charge is 2.27. The fourth-order valence-electron chi connectivity index (χ4n) is 2.49. The molecule has 0 aromatic heterocycles. The lowest BCUT2D eigenvalue weighted by atomic mass is 10.0. The summed E-state index contributed by atoms with van der Waals surface area (Å²) in [7, 11) is 4.83. The minimum absolute atomic E-state index is 0.0506. The standard InChI is InChI=1S/C16H20N2O3/c1-11(15(19)21-4)10-13-7-5-6-12-8-9-18(14(12)13)16(20)17(2)3/h5-7,10H,8-9H2,1-4H3/b11-10+. The summed E-state index contributed by atoms with van der Waals surface area (Å²) < 4.78 is 4.72. The van der Waals surface area contributed by atoms with Gasteiger partial charge in [0.2, 0.25) is 0 Å². The maximum Gasteiger partial charge on any atom is 0.333 e. The number of esters is 1. The lowest BCUT2D eigenvalue weighted by molar-refractivity contribution is -0.135. The molecule has 0 N–H and O–H groups in total. The van der Waals surface area contributed by atoms with Crippen molar-refractivity contribution < 1.29 is 14.3 Å². The number of carbonyl (C=O) groups is 2. The van der Waals surface area contributed by atoms with E-state index in [1.54, 1.807) is 36.9 Å². The molecule has 0 saturated heterocycles. The Hall–Kier alpha value is -2.30. The number of hydrogen-bond acceptors (Lipinski definition) is 3. The molecule has 1 aromatic carbocycles. The van der Waals surface area contributed by atoms with E-state index in [0.717, 1.165) is 23.2 Å². The lowest BCUT2D eigenvalue weighted by Crippen LogP contribution is -2.38. The first-order valence-corrected chi connectivity index (χ1v) is 6.83. The molecule has 5 nitrogen and oxygen atoms in total. The van der Waals surface area contributed by atoms with Crippen molar-refractivity contribution in [2.45, 2.75) is 13.3 Å². The van der Waals surface area contributed by atoms with Gasteiger partial charge in [-0.25, -0.2) is 9.59 Å². The summed E-state index contributed by atoms with van der Waals surface area (Å²) in [5.41, 5.74) is 3.38. The van der Waals surface area contributed by atoms with Crippen molar-refractivity contribution in [3.05, 3.63) is 34.9 Å². The highest BCUT2D eigenvalue weighted by molar-refractivity contribution is 5.99. The molecule has 1 aromatic rings. The third kappa shape index (κ3) is 2.91. The minimum atomic E-state index is -0.365. The van der Waals surface area contributed by atoms with E-state index in [0.29, 0.717) is 12.1 Å². The molecule has 112 valence electrons. The summed E-state index contributed by atoms with van der Waals surface area (Å²) in [5.74, 6) is -0.365. The lowest BCUT2D eigenvalue weighted by Gasteiger charge is -2.23. The van der Waals surface area contributed by atoms with Crippen LogP contribution in [-0.2, 0) is 16.0 Å². The third-order valence-electron chi connectivity index (χ3n) is 3.52. The van der Waals surface area contributed by atoms with E-state index in [2.05, 4.69) is 0 Å². The Bertz CT molecular complexity index is 606. The summed E-state index contributed by atoms with van der Waals surface area (Å²) >= 11 is 0. The van der Waals surface area contributed by atoms with Gasteiger partial charge < -0.3 is 9.64 Å². The Morgan fingerprint density at radius 2 is 2.05 bits per heavy atom. The zero-order chi connectivity index (χ0) is 15.6. The van der Waals surface area contributed by atoms with E-state index in [-0.39, 0.29) is 12.0 Å². The van der Waals surface area contributed by atoms with Crippen molar-refractivity contribution in [2.75, 3.05) is 32.6 Å². The molecule has 0 radical (unpaired) electrons. The smallest absolute Gasteiger partial charge is 0.333 e. The Kier molecular flexibility index (Phi) is 4.31. The minimum Gasteiger partial charge on any atom is -0.466 e. The second-order valence-electron chi connectivity index (χ2n) is 5.25. The molecule has 2 rings (SSSR count). The molecule has 0 atom stereocenters. The molecule has 1 aliphatic heterocycles. The van der Waals surface area contributed by atoms with Crippen molar-refractivity contribution >= 4 is 23.8 Å². The molecule has 1 heterocycles. The number of nitrogens with zero attached hydrogens (tertiary/aromatic N) is 2. The van der Waals surface area contributed by atoms with E-state index < -0.39 is 0 Å². The Morgan fingerprint density at radius 3 is 2.67 bits per heavy atom. The van der Waals surface area contributed by atoms with E-state index in [4.69, 9.17) is 4.74 Å². The van der Waals surface area contributed by atoms with Crippen LogP contribution in [0.25, 0.3) is 6.08 Å². The quantitative estimate of drug-likeness (QED) is 0.620. The van der Waals surface area contributed by atoms with Crippen LogP contribution in [0.15, 0.2) is 23.8 Å². The van der Waals surface area contributed by atoms with Gasteiger partial charge in [0.15, 0.2) is 0 Å². The Morgan fingerprint density at radius 1 is 1.33 bits per heavy atom. The number of hydrogen-bond donors (Lipinski definition) is 0. The summed E-state index contributed by atoms with van der Waals surface area (Å²) in [5, 5.41) is 0. The maximum atomic E-state index is 12.3. The molecule has 5 heteroatoms. The zero-order valence-electron chi connectivity index (χ0n) is 12.8. The number of para-hydroxylation sites is 1. The SMILES string of the molecule is COC(=O)/C(C)=C/c1cccc2c1N(C(=O)N(C)C)CC2. The average molecular weight is 288 g/mol. The van der Waals surface area contributed by atoms with Gasteiger partial charge in [-0.3, -0.25) is 4.90 Å². The number of methoxy groups -OCH3 is 1. The predicted octanol–water partition coefficient (Wildman–Crippen LogP) is 2.31. The van der Waals surface area contributed by atoms with Crippen molar-refractivity contribution in [3.63, 3.8) is 0 Å². The molecule has 1 aliphatic rings. The Balaban J connectivity index is 2.45. The van der Waals surface area contributed by atoms with E-state index in [9.17, 15) is 9.59 Å². The van der Waals surface area contributed by atoms with Crippen LogP contribution in [0.2, 0.25) is 0 Å². The summed E-state index contributed by atoms with van der Waals surface area (Å²) in [6.07, 6.45) is 2.60. The second kappa shape index (κ2) is 5.99. The average Bonchev–Trinajstić information content (AvgIpc) is 2.90. The highest BCUT2D eigenvalue weighted by Crippen LogP contribution is 2.33. The van der Waals surface area contributed by atoms with Gasteiger partial charge in [0.05, 0.1) is 12.8 Å². The summed E-state index contributed by atoms with van der Waals surface area (Å²) in [6.45, 7) is 2.37. The van der Waals surface area contributed by atoms with Crippen molar-refractivity contribution in [1.29, 1.82) is 0 Å². The van der Waals surface area contributed by atoms with Crippen molar-refractivity contribution in [2.24, 2.45) is 0 Å². The molecule has 0 aliphatic carbocycles. The number of benzene rings is 1. The van der Waals surface area contributed by atoms with Gasteiger partial charge in [-0.15, -0.1) is 0 Å². The number of ether oxygens (including phenoxy) is 1. The first-order chi connectivity index (χ1) is 9.95. The molecule has 0 bridgehead atoms. The van der Waals surface area contributed by atoms with E-state index in [1.807, 2.05) is 18.2 Å². The molecule has 0 saturated carbocycles. The van der Waals surface area contributed by atoms with Gasteiger partial charge in [-0.1, -0.05) is 18.2 Å². The maximum absolute atomic E-state index is 12.3. The van der Waals surface area contributed by atoms with Gasteiger partial charge in [-0.2, -0.15) is 0 Å². The van der Waals surface area contributed by atoms with Crippen LogP contribution in [-0.4, -0.2) is 44.7 Å². The first kappa shape index (κ1) is 15.1. The zero-order valence-corrected chi connectivity index (χ0v) is 12.8. The molecule has 21 heavy (non-hydrogen) atoms. The third-order valence-corrected chi connectivity index (χ3v) is 3.52. The van der Waals surface area contributed by atoms with E-state index in [1.165, 1.54) is 7.11 Å². The van der Waals surface area contributed by atoms with Gasteiger partial charge in [0.1, 0.15) is 0 Å². The molecular formula is C16H20N2O3. The van der Waals surface area contributed by atoms with Crippen LogP contribution in [0.3, 0.4) is 0 Å². The van der Waals surface area contributed by atoms with Gasteiger partial charge >= 0.3 is 12.0 Å². The molecular weight excluding hydrogens is 268 g/mol. The van der Waals surface area contributed by atoms with E-state index >= 15 is 0 Å². The van der Waals surface area contributed by atoms with Crippen LogP contribution >= 0.6 is 0 Å². The van der Waals surface area contributed by atoms with Gasteiger partial charge in [0, 0.05) is 26.2 Å². The monoisotopic (exact) mass is 288 g/mol. The number of anilines is 1. The van der Waals surface area contributed by atoms with Gasteiger partial charge in [0.25, 0.3) is 0 Å². The molecule has 0 spiro atoms. The normalized spacial score (nSPS) is 13.9. The van der Waals surface area contributed by atoms with Crippen molar-refractivity contribution in [3.8, 4) is 0 Å². The Labute approximate surface area is 124 Å². The largest absolute Gasteiger partial charge is 0.466 e. The molecule has 0 unspecified atom stereocenters. The van der Waals surface area contributed by atoms with Crippen LogP contribution in [0, 0.1) is 0 Å². The van der Waals surface area contributed by atoms with Crippen LogP contribution in [0.4, 0.5) is 10.5 Å². The number of amides is 2. The fourth-order valence-corrected chi connectivity index (χ4v) is 2.49. The van der Waals surface area contributed by atoms with Crippen LogP contribution < -0.4 is 4.90 Å². The first-order valence-electron chi connectivity index (χ1n) is 6.83. The summed E-state index contributed by atoms with van der Waals surface area (Å²) in [6, 6.07) is 5.82. The summed E-state index contributed by atoms with van der Waals surface area (Å²) in [4.78, 5) is 27.2. The predicted molar refractivity (Wildman–Crippen MR) is 82.2 cm³/mol. The highest BCUT2D eigenvalue weighted by atomic mass is 16.5. The topological polar surface area (TPSA) is 49.9 Å².